The monoisotopic (exact) mass is 345 g/mol. The van der Waals surface area contributed by atoms with Gasteiger partial charge in [-0.3, -0.25) is 4.99 Å². The number of nitrogens with zero attached hydrogens (tertiary/aromatic N) is 1. The molecule has 5 nitrogen and oxygen atoms in total. The van der Waals surface area contributed by atoms with Gasteiger partial charge in [0.15, 0.2) is 0 Å². The summed E-state index contributed by atoms with van der Waals surface area (Å²) in [4.78, 5) is 8.12. The molecule has 0 amide bonds. The largest absolute Gasteiger partial charge is 0.497 e. The van der Waals surface area contributed by atoms with E-state index in [4.69, 9.17) is 4.74 Å². The molecular formula is C18H23N3O2S. The lowest BCUT2D eigenvalue weighted by molar-refractivity contribution is 0.277. The van der Waals surface area contributed by atoms with Gasteiger partial charge in [0.1, 0.15) is 10.8 Å². The third-order valence-electron chi connectivity index (χ3n) is 4.81. The van der Waals surface area contributed by atoms with E-state index in [1.165, 1.54) is 25.7 Å². The number of anilines is 1. The molecule has 3 N–H and O–H groups in total. The summed E-state index contributed by atoms with van der Waals surface area (Å²) in [6.45, 7) is 0.110. The van der Waals surface area contributed by atoms with Gasteiger partial charge in [0, 0.05) is 23.2 Å². The van der Waals surface area contributed by atoms with Crippen molar-refractivity contribution in [2.24, 2.45) is 4.99 Å². The van der Waals surface area contributed by atoms with E-state index in [0.717, 1.165) is 38.8 Å². The van der Waals surface area contributed by atoms with Gasteiger partial charge in [0.2, 0.25) is 0 Å². The van der Waals surface area contributed by atoms with E-state index in [-0.39, 0.29) is 12.6 Å². The van der Waals surface area contributed by atoms with Crippen LogP contribution in [0.2, 0.25) is 0 Å². The van der Waals surface area contributed by atoms with Crippen LogP contribution in [0.4, 0.5) is 5.69 Å². The van der Waals surface area contributed by atoms with E-state index in [1.807, 2.05) is 0 Å². The van der Waals surface area contributed by atoms with Gasteiger partial charge in [-0.25, -0.2) is 0 Å². The molecule has 1 atom stereocenters. The molecule has 24 heavy (non-hydrogen) atoms. The zero-order valence-corrected chi connectivity index (χ0v) is 14.7. The van der Waals surface area contributed by atoms with Crippen LogP contribution in [0.1, 0.15) is 31.4 Å². The number of aliphatic hydroxyl groups excluding tert-OH is 1. The molecule has 2 aromatic rings. The Hall–Kier alpha value is -1.66. The van der Waals surface area contributed by atoms with Crippen molar-refractivity contribution in [1.29, 1.82) is 0 Å². The number of methoxy groups -OCH3 is 1. The molecule has 1 aliphatic heterocycles. The second-order valence-corrected chi connectivity index (χ2v) is 7.54. The average molecular weight is 345 g/mol. The molecule has 1 aliphatic carbocycles. The molecule has 0 radical (unpaired) electrons. The lowest BCUT2D eigenvalue weighted by Crippen LogP contribution is -2.14. The minimum Gasteiger partial charge on any atom is -0.497 e. The van der Waals surface area contributed by atoms with E-state index in [1.54, 1.807) is 18.9 Å². The molecule has 2 aliphatic rings. The highest BCUT2D eigenvalue weighted by molar-refractivity contribution is 8.14. The Kier molecular flexibility index (Phi) is 4.41. The minimum absolute atomic E-state index is 0.0158. The normalized spacial score (nSPS) is 21.4. The summed E-state index contributed by atoms with van der Waals surface area (Å²) in [5.41, 5.74) is 3.23. The number of benzene rings is 1. The first kappa shape index (κ1) is 15.8. The third-order valence-corrected chi connectivity index (χ3v) is 5.96. The summed E-state index contributed by atoms with van der Waals surface area (Å²) >= 11 is 1.70. The highest BCUT2D eigenvalue weighted by atomic mass is 32.2. The zero-order chi connectivity index (χ0) is 16.5. The fraction of sp³-hybridized carbons (Fsp3) is 0.500. The van der Waals surface area contributed by atoms with Crippen LogP contribution >= 0.6 is 11.8 Å². The Balaban J connectivity index is 1.71. The standard InChI is InChI=1S/C18H23N3O2S/c1-23-14-6-11-7-16(18-20-13(9-22)10-24-18)21-17(11)15(8-14)19-12-4-2-3-5-12/h6-8,12-13,19,21-22H,2-5,9-10H2,1H3/t13-/m1/s1. The molecule has 2 heterocycles. The molecular weight excluding hydrogens is 322 g/mol. The van der Waals surface area contributed by atoms with Crippen LogP contribution < -0.4 is 10.1 Å². The van der Waals surface area contributed by atoms with Crippen LogP contribution in [0.3, 0.4) is 0 Å². The van der Waals surface area contributed by atoms with Crippen LogP contribution in [-0.4, -0.2) is 46.7 Å². The minimum atomic E-state index is 0.0158. The van der Waals surface area contributed by atoms with E-state index in [9.17, 15) is 5.11 Å². The zero-order valence-electron chi connectivity index (χ0n) is 13.8. The van der Waals surface area contributed by atoms with E-state index in [2.05, 4.69) is 33.5 Å². The maximum absolute atomic E-state index is 9.29. The molecule has 6 heteroatoms. The quantitative estimate of drug-likeness (QED) is 0.777. The molecule has 1 fully saturated rings. The van der Waals surface area contributed by atoms with Crippen molar-refractivity contribution in [2.45, 2.75) is 37.8 Å². The number of aliphatic hydroxyl groups is 1. The number of H-pyrrole nitrogens is 1. The van der Waals surface area contributed by atoms with Crippen molar-refractivity contribution in [3.05, 3.63) is 23.9 Å². The molecule has 1 aromatic heterocycles. The molecule has 128 valence electrons. The Morgan fingerprint density at radius 2 is 2.17 bits per heavy atom. The second kappa shape index (κ2) is 6.69. The summed E-state index contributed by atoms with van der Waals surface area (Å²) in [5, 5.41) is 15.1. The number of rotatable bonds is 5. The maximum Gasteiger partial charge on any atom is 0.121 e. The van der Waals surface area contributed by atoms with Gasteiger partial charge in [-0.15, -0.1) is 11.8 Å². The topological polar surface area (TPSA) is 69.6 Å². The van der Waals surface area contributed by atoms with Crippen LogP contribution in [0.15, 0.2) is 23.2 Å². The number of fused-ring (bicyclic) bond motifs is 1. The number of hydrogen-bond donors (Lipinski definition) is 3. The van der Waals surface area contributed by atoms with Crippen molar-refractivity contribution < 1.29 is 9.84 Å². The van der Waals surface area contributed by atoms with Gasteiger partial charge < -0.3 is 20.1 Å². The third kappa shape index (κ3) is 3.00. The second-order valence-electron chi connectivity index (χ2n) is 6.53. The Bertz CT molecular complexity index is 765. The Morgan fingerprint density at radius 1 is 1.33 bits per heavy atom. The van der Waals surface area contributed by atoms with E-state index >= 15 is 0 Å². The number of aromatic amines is 1. The Labute approximate surface area is 145 Å². The van der Waals surface area contributed by atoms with Gasteiger partial charge in [-0.05, 0) is 25.0 Å². The van der Waals surface area contributed by atoms with Crippen molar-refractivity contribution in [3.8, 4) is 5.75 Å². The molecule has 0 unspecified atom stereocenters. The molecule has 0 saturated heterocycles. The number of aliphatic imine (C=N–C) groups is 1. The lowest BCUT2D eigenvalue weighted by Gasteiger charge is -2.15. The summed E-state index contributed by atoms with van der Waals surface area (Å²) in [6, 6.07) is 6.81. The summed E-state index contributed by atoms with van der Waals surface area (Å²) < 4.78 is 5.47. The van der Waals surface area contributed by atoms with Gasteiger partial charge in [0.05, 0.1) is 36.7 Å². The van der Waals surface area contributed by atoms with Gasteiger partial charge in [0.25, 0.3) is 0 Å². The van der Waals surface area contributed by atoms with Gasteiger partial charge in [-0.1, -0.05) is 12.8 Å². The van der Waals surface area contributed by atoms with Crippen molar-refractivity contribution >= 4 is 33.4 Å². The van der Waals surface area contributed by atoms with E-state index in [0.29, 0.717) is 6.04 Å². The van der Waals surface area contributed by atoms with Crippen LogP contribution in [0.25, 0.3) is 10.9 Å². The van der Waals surface area contributed by atoms with Crippen molar-refractivity contribution in [3.63, 3.8) is 0 Å². The molecule has 0 bridgehead atoms. The highest BCUT2D eigenvalue weighted by Gasteiger charge is 2.22. The first-order valence-electron chi connectivity index (χ1n) is 8.56. The van der Waals surface area contributed by atoms with Crippen molar-refractivity contribution in [2.75, 3.05) is 24.8 Å². The average Bonchev–Trinajstić information content (AvgIpc) is 3.33. The molecule has 1 aromatic carbocycles. The van der Waals surface area contributed by atoms with Crippen LogP contribution in [0, 0.1) is 0 Å². The number of nitrogens with one attached hydrogen (secondary N) is 2. The van der Waals surface area contributed by atoms with Crippen LogP contribution in [-0.2, 0) is 0 Å². The first-order valence-corrected chi connectivity index (χ1v) is 9.54. The smallest absolute Gasteiger partial charge is 0.121 e. The predicted octanol–water partition coefficient (Wildman–Crippen LogP) is 3.39. The van der Waals surface area contributed by atoms with Gasteiger partial charge >= 0.3 is 0 Å². The van der Waals surface area contributed by atoms with Crippen LogP contribution in [0.5, 0.6) is 5.75 Å². The number of hydrogen-bond acceptors (Lipinski definition) is 5. The van der Waals surface area contributed by atoms with Gasteiger partial charge in [-0.2, -0.15) is 0 Å². The fourth-order valence-electron chi connectivity index (χ4n) is 3.51. The predicted molar refractivity (Wildman–Crippen MR) is 101 cm³/mol. The molecule has 1 saturated carbocycles. The number of ether oxygens (including phenoxy) is 1. The first-order chi connectivity index (χ1) is 11.8. The van der Waals surface area contributed by atoms with E-state index < -0.39 is 0 Å². The van der Waals surface area contributed by atoms with Crippen molar-refractivity contribution in [1.82, 2.24) is 4.98 Å². The fourth-order valence-corrected chi connectivity index (χ4v) is 4.53. The Morgan fingerprint density at radius 3 is 2.88 bits per heavy atom. The molecule has 4 rings (SSSR count). The summed E-state index contributed by atoms with van der Waals surface area (Å²) in [5.74, 6) is 1.71. The molecule has 0 spiro atoms. The summed E-state index contributed by atoms with van der Waals surface area (Å²) in [6.07, 6.45) is 5.06. The maximum atomic E-state index is 9.29. The number of aromatic nitrogens is 1. The number of thioether (sulfide) groups is 1. The summed E-state index contributed by atoms with van der Waals surface area (Å²) in [7, 11) is 1.71. The lowest BCUT2D eigenvalue weighted by atomic mass is 10.1. The highest BCUT2D eigenvalue weighted by Crippen LogP contribution is 2.34. The SMILES string of the molecule is COc1cc(NC2CCCC2)c2[nH]c(C3=N[C@H](CO)CS3)cc2c1.